The quantitative estimate of drug-likeness (QED) is 0.838. The van der Waals surface area contributed by atoms with E-state index in [2.05, 4.69) is 29.0 Å². The standard InChI is InChI=1S/C15H18N2/c1-2-11-5-14(10-17-8-11)13-6-12-3-4-16-9-15(12)7-13/h2,5,7-8,10,12,15-16H,1,3-4,6,9H2/t12-,15-/m1/s1. The lowest BCUT2D eigenvalue weighted by Gasteiger charge is -2.25. The SMILES string of the molecule is C=Cc1cncc(C2=C[C@@H]3CNCC[C@@H]3C2)c1. The van der Waals surface area contributed by atoms with Crippen LogP contribution in [0, 0.1) is 11.8 Å². The van der Waals surface area contributed by atoms with E-state index in [-0.39, 0.29) is 0 Å². The third-order valence-corrected chi connectivity index (χ3v) is 3.94. The summed E-state index contributed by atoms with van der Waals surface area (Å²) in [4.78, 5) is 4.29. The van der Waals surface area contributed by atoms with Gasteiger partial charge < -0.3 is 5.32 Å². The molecule has 2 aliphatic rings. The summed E-state index contributed by atoms with van der Waals surface area (Å²) in [5.74, 6) is 1.57. The summed E-state index contributed by atoms with van der Waals surface area (Å²) in [5.41, 5.74) is 3.85. The van der Waals surface area contributed by atoms with Crippen LogP contribution in [0.15, 0.2) is 31.1 Å². The van der Waals surface area contributed by atoms with Gasteiger partial charge in [0, 0.05) is 18.9 Å². The zero-order chi connectivity index (χ0) is 11.7. The Hall–Kier alpha value is -1.41. The molecule has 2 atom stereocenters. The van der Waals surface area contributed by atoms with Crippen molar-refractivity contribution in [1.82, 2.24) is 10.3 Å². The van der Waals surface area contributed by atoms with Gasteiger partial charge in [0.2, 0.25) is 0 Å². The first kappa shape index (κ1) is 10.7. The Morgan fingerprint density at radius 2 is 2.35 bits per heavy atom. The predicted octanol–water partition coefficient (Wildman–Crippen LogP) is 2.74. The van der Waals surface area contributed by atoms with E-state index in [0.29, 0.717) is 0 Å². The first-order valence-corrected chi connectivity index (χ1v) is 6.36. The fourth-order valence-corrected chi connectivity index (χ4v) is 2.95. The molecular weight excluding hydrogens is 208 g/mol. The van der Waals surface area contributed by atoms with Crippen LogP contribution >= 0.6 is 0 Å². The number of hydrogen-bond acceptors (Lipinski definition) is 2. The molecule has 3 rings (SSSR count). The average molecular weight is 226 g/mol. The highest BCUT2D eigenvalue weighted by molar-refractivity contribution is 5.69. The number of nitrogens with zero attached hydrogens (tertiary/aromatic N) is 1. The predicted molar refractivity (Wildman–Crippen MR) is 71.4 cm³/mol. The number of allylic oxidation sites excluding steroid dienone is 1. The smallest absolute Gasteiger partial charge is 0.0343 e. The van der Waals surface area contributed by atoms with Crippen molar-refractivity contribution in [3.05, 3.63) is 42.2 Å². The van der Waals surface area contributed by atoms with E-state index in [1.807, 2.05) is 18.5 Å². The monoisotopic (exact) mass is 226 g/mol. The second kappa shape index (κ2) is 4.46. The van der Waals surface area contributed by atoms with Crippen molar-refractivity contribution in [2.75, 3.05) is 13.1 Å². The van der Waals surface area contributed by atoms with Gasteiger partial charge in [-0.15, -0.1) is 0 Å². The van der Waals surface area contributed by atoms with E-state index < -0.39 is 0 Å². The van der Waals surface area contributed by atoms with Crippen LogP contribution in [0.25, 0.3) is 11.6 Å². The molecule has 1 aromatic rings. The zero-order valence-electron chi connectivity index (χ0n) is 10.0. The first-order chi connectivity index (χ1) is 8.36. The summed E-state index contributed by atoms with van der Waals surface area (Å²) in [6.07, 6.45) is 10.7. The second-order valence-corrected chi connectivity index (χ2v) is 5.02. The molecule has 88 valence electrons. The van der Waals surface area contributed by atoms with Crippen molar-refractivity contribution in [2.24, 2.45) is 11.8 Å². The van der Waals surface area contributed by atoms with Crippen molar-refractivity contribution in [3.63, 3.8) is 0 Å². The molecule has 1 aromatic heterocycles. The minimum atomic E-state index is 0.728. The van der Waals surface area contributed by atoms with Crippen molar-refractivity contribution in [1.29, 1.82) is 0 Å². The van der Waals surface area contributed by atoms with Crippen molar-refractivity contribution in [3.8, 4) is 0 Å². The molecule has 0 radical (unpaired) electrons. The van der Waals surface area contributed by atoms with Gasteiger partial charge in [0.15, 0.2) is 0 Å². The number of hydrogen-bond donors (Lipinski definition) is 1. The Morgan fingerprint density at radius 3 is 3.18 bits per heavy atom. The fraction of sp³-hybridized carbons (Fsp3) is 0.400. The summed E-state index contributed by atoms with van der Waals surface area (Å²) in [7, 11) is 0. The van der Waals surface area contributed by atoms with Crippen LogP contribution in [0.2, 0.25) is 0 Å². The molecule has 1 N–H and O–H groups in total. The molecule has 0 spiro atoms. The van der Waals surface area contributed by atoms with Gasteiger partial charge in [-0.25, -0.2) is 0 Å². The van der Waals surface area contributed by atoms with Crippen molar-refractivity contribution in [2.45, 2.75) is 12.8 Å². The molecule has 0 saturated carbocycles. The third-order valence-electron chi connectivity index (χ3n) is 3.94. The lowest BCUT2D eigenvalue weighted by Crippen LogP contribution is -2.33. The lowest BCUT2D eigenvalue weighted by atomic mass is 9.89. The molecule has 0 unspecified atom stereocenters. The van der Waals surface area contributed by atoms with Crippen LogP contribution < -0.4 is 5.32 Å². The maximum absolute atomic E-state index is 4.29. The lowest BCUT2D eigenvalue weighted by molar-refractivity contribution is 0.323. The number of aromatic nitrogens is 1. The zero-order valence-corrected chi connectivity index (χ0v) is 10.0. The summed E-state index contributed by atoms with van der Waals surface area (Å²) >= 11 is 0. The number of pyridine rings is 1. The van der Waals surface area contributed by atoms with Crippen molar-refractivity contribution < 1.29 is 0 Å². The van der Waals surface area contributed by atoms with E-state index in [1.165, 1.54) is 30.5 Å². The molecule has 17 heavy (non-hydrogen) atoms. The van der Waals surface area contributed by atoms with Crippen LogP contribution in [0.1, 0.15) is 24.0 Å². The molecule has 0 aromatic carbocycles. The minimum Gasteiger partial charge on any atom is -0.316 e. The second-order valence-electron chi connectivity index (χ2n) is 5.02. The van der Waals surface area contributed by atoms with Gasteiger partial charge in [-0.1, -0.05) is 18.7 Å². The fourth-order valence-electron chi connectivity index (χ4n) is 2.95. The molecule has 2 nitrogen and oxygen atoms in total. The Balaban J connectivity index is 1.87. The largest absolute Gasteiger partial charge is 0.316 e. The third kappa shape index (κ3) is 2.05. The van der Waals surface area contributed by atoms with E-state index in [0.717, 1.165) is 23.9 Å². The number of fused-ring (bicyclic) bond motifs is 1. The highest BCUT2D eigenvalue weighted by Crippen LogP contribution is 2.39. The van der Waals surface area contributed by atoms with Crippen LogP contribution in [-0.2, 0) is 0 Å². The first-order valence-electron chi connectivity index (χ1n) is 6.36. The Labute approximate surface area is 102 Å². The van der Waals surface area contributed by atoms with Crippen LogP contribution in [0.3, 0.4) is 0 Å². The van der Waals surface area contributed by atoms with Gasteiger partial charge in [0.05, 0.1) is 0 Å². The van der Waals surface area contributed by atoms with Gasteiger partial charge in [-0.3, -0.25) is 4.98 Å². The number of nitrogens with one attached hydrogen (secondary N) is 1. The Bertz CT molecular complexity index is 462. The summed E-state index contributed by atoms with van der Waals surface area (Å²) in [6, 6.07) is 2.19. The molecule has 0 bridgehead atoms. The topological polar surface area (TPSA) is 24.9 Å². The van der Waals surface area contributed by atoms with Crippen LogP contribution in [0.5, 0.6) is 0 Å². The van der Waals surface area contributed by atoms with E-state index in [4.69, 9.17) is 0 Å². The molecular formula is C15H18N2. The van der Waals surface area contributed by atoms with E-state index >= 15 is 0 Å². The maximum Gasteiger partial charge on any atom is 0.0343 e. The average Bonchev–Trinajstić information content (AvgIpc) is 2.82. The van der Waals surface area contributed by atoms with E-state index in [9.17, 15) is 0 Å². The number of rotatable bonds is 2. The van der Waals surface area contributed by atoms with Gasteiger partial charge in [-0.05, 0) is 54.0 Å². The number of piperidine rings is 1. The minimum absolute atomic E-state index is 0.728. The molecule has 2 heteroatoms. The van der Waals surface area contributed by atoms with E-state index in [1.54, 1.807) is 0 Å². The van der Waals surface area contributed by atoms with Gasteiger partial charge in [0.1, 0.15) is 0 Å². The highest BCUT2D eigenvalue weighted by atomic mass is 14.9. The maximum atomic E-state index is 4.29. The van der Waals surface area contributed by atoms with Gasteiger partial charge in [-0.2, -0.15) is 0 Å². The van der Waals surface area contributed by atoms with Crippen LogP contribution in [-0.4, -0.2) is 18.1 Å². The summed E-state index contributed by atoms with van der Waals surface area (Å²) in [5, 5.41) is 3.47. The van der Waals surface area contributed by atoms with Gasteiger partial charge in [0.25, 0.3) is 0 Å². The molecule has 1 fully saturated rings. The molecule has 1 aliphatic heterocycles. The molecule has 1 saturated heterocycles. The highest BCUT2D eigenvalue weighted by Gasteiger charge is 2.29. The van der Waals surface area contributed by atoms with Crippen molar-refractivity contribution >= 4 is 11.6 Å². The molecule has 1 aliphatic carbocycles. The summed E-state index contributed by atoms with van der Waals surface area (Å²) in [6.45, 7) is 6.12. The van der Waals surface area contributed by atoms with Gasteiger partial charge >= 0.3 is 0 Å². The summed E-state index contributed by atoms with van der Waals surface area (Å²) < 4.78 is 0. The van der Waals surface area contributed by atoms with Crippen LogP contribution in [0.4, 0.5) is 0 Å². The Kier molecular flexibility index (Phi) is 2.81. The normalized spacial score (nSPS) is 27.4. The molecule has 2 heterocycles. The molecule has 0 amide bonds. The Morgan fingerprint density at radius 1 is 1.41 bits per heavy atom.